The van der Waals surface area contributed by atoms with Crippen LogP contribution in [0.1, 0.15) is 6.42 Å². The van der Waals surface area contributed by atoms with E-state index < -0.39 is 7.60 Å². The van der Waals surface area contributed by atoms with Crippen LogP contribution < -0.4 is 14.2 Å². The normalized spacial score (nSPS) is 13.2. The lowest BCUT2D eigenvalue weighted by Gasteiger charge is -2.19. The van der Waals surface area contributed by atoms with Gasteiger partial charge < -0.3 is 19.1 Å². The molecule has 1 unspecified atom stereocenters. The maximum absolute atomic E-state index is 11.2. The molecule has 23 heavy (non-hydrogen) atoms. The van der Waals surface area contributed by atoms with Crippen molar-refractivity contribution < 1.29 is 18.7 Å². The molecule has 0 amide bonds. The maximum atomic E-state index is 11.2. The smallest absolute Gasteiger partial charge is 0.373 e. The summed E-state index contributed by atoms with van der Waals surface area (Å²) in [5.74, 6) is 1.07. The van der Waals surface area contributed by atoms with Crippen molar-refractivity contribution in [1.82, 2.24) is 0 Å². The van der Waals surface area contributed by atoms with Gasteiger partial charge in [0.15, 0.2) is 0 Å². The molecule has 0 bridgehead atoms. The standard InChI is InChI=1S/C17H22NO4P/c1-18(15-7-4-3-5-8-15)13-6-14-21-16-9-11-17(12-10-16)22-23(2,19)20/h3-5,7-12H,6,13-14H2,1-2H3,(H,19,20). The highest BCUT2D eigenvalue weighted by Gasteiger charge is 2.11. The first-order chi connectivity index (χ1) is 10.9. The maximum Gasteiger partial charge on any atom is 0.373 e. The molecular weight excluding hydrogens is 313 g/mol. The predicted molar refractivity (Wildman–Crippen MR) is 92.6 cm³/mol. The van der Waals surface area contributed by atoms with Gasteiger partial charge in [-0.15, -0.1) is 0 Å². The summed E-state index contributed by atoms with van der Waals surface area (Å²) in [6, 6.07) is 16.9. The van der Waals surface area contributed by atoms with Crippen molar-refractivity contribution >= 4 is 13.3 Å². The van der Waals surface area contributed by atoms with Crippen LogP contribution in [-0.2, 0) is 4.57 Å². The fourth-order valence-electron chi connectivity index (χ4n) is 2.10. The van der Waals surface area contributed by atoms with Crippen LogP contribution in [0, 0.1) is 0 Å². The molecule has 0 aromatic heterocycles. The van der Waals surface area contributed by atoms with E-state index >= 15 is 0 Å². The monoisotopic (exact) mass is 335 g/mol. The molecule has 0 aliphatic heterocycles. The molecule has 0 fully saturated rings. The second kappa shape index (κ2) is 8.04. The SMILES string of the molecule is CN(CCCOc1ccc(OP(C)(=O)O)cc1)c1ccccc1. The summed E-state index contributed by atoms with van der Waals surface area (Å²) in [5, 5.41) is 0. The van der Waals surface area contributed by atoms with Gasteiger partial charge in [-0.2, -0.15) is 0 Å². The van der Waals surface area contributed by atoms with E-state index in [1.54, 1.807) is 24.3 Å². The number of benzene rings is 2. The minimum Gasteiger partial charge on any atom is -0.494 e. The molecule has 2 aromatic rings. The third-order valence-corrected chi connectivity index (χ3v) is 3.75. The van der Waals surface area contributed by atoms with Gasteiger partial charge in [0.05, 0.1) is 6.61 Å². The van der Waals surface area contributed by atoms with Crippen LogP contribution >= 0.6 is 7.60 Å². The van der Waals surface area contributed by atoms with Crippen LogP contribution in [0.5, 0.6) is 11.5 Å². The van der Waals surface area contributed by atoms with Crippen LogP contribution in [0.15, 0.2) is 54.6 Å². The van der Waals surface area contributed by atoms with Gasteiger partial charge in [0.25, 0.3) is 0 Å². The molecular formula is C17H22NO4P. The average Bonchev–Trinajstić information content (AvgIpc) is 2.52. The lowest BCUT2D eigenvalue weighted by molar-refractivity contribution is 0.312. The van der Waals surface area contributed by atoms with E-state index in [1.165, 1.54) is 5.69 Å². The van der Waals surface area contributed by atoms with Gasteiger partial charge in [-0.05, 0) is 42.8 Å². The summed E-state index contributed by atoms with van der Waals surface area (Å²) >= 11 is 0. The Labute approximate surface area is 137 Å². The van der Waals surface area contributed by atoms with Gasteiger partial charge in [-0.25, -0.2) is 4.57 Å². The molecule has 6 heteroatoms. The van der Waals surface area contributed by atoms with E-state index in [4.69, 9.17) is 14.2 Å². The molecule has 0 saturated carbocycles. The molecule has 0 saturated heterocycles. The number of nitrogens with zero attached hydrogens (tertiary/aromatic N) is 1. The molecule has 1 N–H and O–H groups in total. The zero-order valence-electron chi connectivity index (χ0n) is 13.4. The van der Waals surface area contributed by atoms with Crippen molar-refractivity contribution in [2.24, 2.45) is 0 Å². The zero-order valence-corrected chi connectivity index (χ0v) is 14.3. The fourth-order valence-corrected chi connectivity index (χ4v) is 2.61. The van der Waals surface area contributed by atoms with Gasteiger partial charge in [0.2, 0.25) is 0 Å². The molecule has 0 radical (unpaired) electrons. The van der Waals surface area contributed by atoms with Gasteiger partial charge >= 0.3 is 7.60 Å². The van der Waals surface area contributed by atoms with Gasteiger partial charge in [-0.3, -0.25) is 0 Å². The lowest BCUT2D eigenvalue weighted by Crippen LogP contribution is -2.20. The van der Waals surface area contributed by atoms with E-state index in [2.05, 4.69) is 24.1 Å². The Kier molecular flexibility index (Phi) is 6.08. The fraction of sp³-hybridized carbons (Fsp3) is 0.294. The van der Waals surface area contributed by atoms with Crippen molar-refractivity contribution in [1.29, 1.82) is 0 Å². The lowest BCUT2D eigenvalue weighted by atomic mass is 10.3. The molecule has 2 aromatic carbocycles. The predicted octanol–water partition coefficient (Wildman–Crippen LogP) is 3.79. The summed E-state index contributed by atoms with van der Waals surface area (Å²) in [4.78, 5) is 11.3. The second-order valence-corrected chi connectivity index (χ2v) is 7.11. The topological polar surface area (TPSA) is 59.0 Å². The molecule has 0 aliphatic carbocycles. The Hall–Kier alpha value is -1.97. The number of rotatable bonds is 8. The van der Waals surface area contributed by atoms with Crippen molar-refractivity contribution in [2.75, 3.05) is 31.8 Å². The van der Waals surface area contributed by atoms with Crippen molar-refractivity contribution in [3.8, 4) is 11.5 Å². The molecule has 0 aliphatic rings. The average molecular weight is 335 g/mol. The second-order valence-electron chi connectivity index (χ2n) is 5.32. The minimum atomic E-state index is -3.52. The first kappa shape index (κ1) is 17.4. The van der Waals surface area contributed by atoms with Gasteiger partial charge in [-0.1, -0.05) is 18.2 Å². The van der Waals surface area contributed by atoms with Gasteiger partial charge in [0.1, 0.15) is 11.5 Å². The number of hydrogen-bond acceptors (Lipinski definition) is 4. The summed E-state index contributed by atoms with van der Waals surface area (Å²) in [7, 11) is -1.46. The molecule has 124 valence electrons. The Bertz CT molecular complexity index is 639. The summed E-state index contributed by atoms with van der Waals surface area (Å²) in [5.41, 5.74) is 1.18. The van der Waals surface area contributed by atoms with E-state index in [9.17, 15) is 4.57 Å². The van der Waals surface area contributed by atoms with Crippen molar-refractivity contribution in [2.45, 2.75) is 6.42 Å². The minimum absolute atomic E-state index is 0.356. The Morgan fingerprint density at radius 2 is 1.65 bits per heavy atom. The van der Waals surface area contributed by atoms with Crippen LogP contribution in [0.3, 0.4) is 0 Å². The molecule has 5 nitrogen and oxygen atoms in total. The molecule has 0 heterocycles. The first-order valence-corrected chi connectivity index (χ1v) is 9.45. The highest BCUT2D eigenvalue weighted by molar-refractivity contribution is 7.52. The number of ether oxygens (including phenoxy) is 1. The van der Waals surface area contributed by atoms with E-state index in [0.717, 1.165) is 19.6 Å². The van der Waals surface area contributed by atoms with Crippen LogP contribution in [0.2, 0.25) is 0 Å². The Balaban J connectivity index is 1.73. The van der Waals surface area contributed by atoms with Crippen molar-refractivity contribution in [3.63, 3.8) is 0 Å². The molecule has 2 rings (SSSR count). The van der Waals surface area contributed by atoms with Crippen molar-refractivity contribution in [3.05, 3.63) is 54.6 Å². The Morgan fingerprint density at radius 1 is 1.04 bits per heavy atom. The van der Waals surface area contributed by atoms with Crippen LogP contribution in [0.4, 0.5) is 5.69 Å². The summed E-state index contributed by atoms with van der Waals surface area (Å²) < 4.78 is 21.7. The van der Waals surface area contributed by atoms with Gasteiger partial charge in [0, 0.05) is 25.9 Å². The molecule has 1 atom stereocenters. The van der Waals surface area contributed by atoms with Crippen LogP contribution in [0.25, 0.3) is 0 Å². The van der Waals surface area contributed by atoms with E-state index in [-0.39, 0.29) is 0 Å². The first-order valence-electron chi connectivity index (χ1n) is 7.43. The zero-order chi connectivity index (χ0) is 16.7. The summed E-state index contributed by atoms with van der Waals surface area (Å²) in [6.45, 7) is 2.65. The third-order valence-electron chi connectivity index (χ3n) is 3.20. The highest BCUT2D eigenvalue weighted by Crippen LogP contribution is 2.38. The van der Waals surface area contributed by atoms with E-state index in [1.807, 2.05) is 18.2 Å². The van der Waals surface area contributed by atoms with Crippen LogP contribution in [-0.4, -0.2) is 31.8 Å². The third kappa shape index (κ3) is 6.35. The number of anilines is 1. The number of para-hydroxylation sites is 1. The highest BCUT2D eigenvalue weighted by atomic mass is 31.2. The largest absolute Gasteiger partial charge is 0.494 e. The Morgan fingerprint density at radius 3 is 2.26 bits per heavy atom. The number of hydrogen-bond donors (Lipinski definition) is 1. The quantitative estimate of drug-likeness (QED) is 0.587. The summed E-state index contributed by atoms with van der Waals surface area (Å²) in [6.07, 6.45) is 0.893. The molecule has 0 spiro atoms. The van der Waals surface area contributed by atoms with E-state index in [0.29, 0.717) is 18.1 Å².